The van der Waals surface area contributed by atoms with Gasteiger partial charge in [-0.25, -0.2) is 4.98 Å². The number of nitrogens with two attached hydrogens (primary N) is 1. The minimum absolute atomic E-state index is 0.320. The fourth-order valence-corrected chi connectivity index (χ4v) is 1.68. The van der Waals surface area contributed by atoms with Gasteiger partial charge in [-0.3, -0.25) is 0 Å². The molecule has 18 heavy (non-hydrogen) atoms. The van der Waals surface area contributed by atoms with Crippen molar-refractivity contribution in [3.63, 3.8) is 0 Å². The molecule has 5 heteroatoms. The van der Waals surface area contributed by atoms with Crippen LogP contribution >= 0.6 is 11.6 Å². The Bertz CT molecular complexity index is 546. The summed E-state index contributed by atoms with van der Waals surface area (Å²) >= 11 is 6.01. The molecular formula is C13H13ClN2O2. The van der Waals surface area contributed by atoms with E-state index >= 15 is 0 Å². The molecule has 94 valence electrons. The Labute approximate surface area is 110 Å². The van der Waals surface area contributed by atoms with E-state index in [0.29, 0.717) is 28.9 Å². The second-order valence-corrected chi connectivity index (χ2v) is 4.06. The summed E-state index contributed by atoms with van der Waals surface area (Å²) < 4.78 is 10.8. The van der Waals surface area contributed by atoms with Crippen LogP contribution in [-0.2, 0) is 6.61 Å². The summed E-state index contributed by atoms with van der Waals surface area (Å²) in [5.41, 5.74) is 7.13. The molecule has 0 aliphatic heterocycles. The van der Waals surface area contributed by atoms with Crippen molar-refractivity contribution in [1.29, 1.82) is 0 Å². The summed E-state index contributed by atoms with van der Waals surface area (Å²) in [6.45, 7) is 0.320. The second-order valence-electron chi connectivity index (χ2n) is 3.65. The van der Waals surface area contributed by atoms with Gasteiger partial charge in [0.1, 0.15) is 12.4 Å². The van der Waals surface area contributed by atoms with Crippen LogP contribution in [-0.4, -0.2) is 12.1 Å². The van der Waals surface area contributed by atoms with Crippen molar-refractivity contribution >= 4 is 17.3 Å². The number of methoxy groups -OCH3 is 1. The number of ether oxygens (including phenoxy) is 2. The average molecular weight is 265 g/mol. The number of aromatic nitrogens is 1. The molecule has 0 unspecified atom stereocenters. The molecule has 0 amide bonds. The van der Waals surface area contributed by atoms with Crippen LogP contribution in [0.3, 0.4) is 0 Å². The Morgan fingerprint density at radius 2 is 2.17 bits per heavy atom. The van der Waals surface area contributed by atoms with Crippen LogP contribution in [0.1, 0.15) is 5.56 Å². The van der Waals surface area contributed by atoms with E-state index in [1.807, 2.05) is 12.1 Å². The quantitative estimate of drug-likeness (QED) is 0.863. The molecule has 0 radical (unpaired) electrons. The van der Waals surface area contributed by atoms with Gasteiger partial charge in [0.15, 0.2) is 0 Å². The zero-order valence-electron chi connectivity index (χ0n) is 9.89. The molecule has 1 aromatic carbocycles. The highest BCUT2D eigenvalue weighted by atomic mass is 35.5. The second kappa shape index (κ2) is 5.60. The highest BCUT2D eigenvalue weighted by Gasteiger charge is 2.06. The zero-order valence-corrected chi connectivity index (χ0v) is 10.6. The molecule has 0 atom stereocenters. The number of nitrogens with zero attached hydrogens (tertiary/aromatic N) is 1. The topological polar surface area (TPSA) is 57.4 Å². The fourth-order valence-electron chi connectivity index (χ4n) is 1.50. The predicted octanol–water partition coefficient (Wildman–Crippen LogP) is 2.90. The van der Waals surface area contributed by atoms with Crippen molar-refractivity contribution in [3.05, 3.63) is 47.1 Å². The van der Waals surface area contributed by atoms with E-state index in [-0.39, 0.29) is 0 Å². The van der Waals surface area contributed by atoms with Gasteiger partial charge in [0, 0.05) is 18.0 Å². The minimum Gasteiger partial charge on any atom is -0.487 e. The lowest BCUT2D eigenvalue weighted by Crippen LogP contribution is -2.00. The Morgan fingerprint density at radius 3 is 2.94 bits per heavy atom. The smallest absolute Gasteiger partial charge is 0.219 e. The lowest BCUT2D eigenvalue weighted by atomic mass is 10.3. The molecule has 0 aliphatic carbocycles. The van der Waals surface area contributed by atoms with Gasteiger partial charge in [-0.2, -0.15) is 0 Å². The van der Waals surface area contributed by atoms with Gasteiger partial charge in [-0.15, -0.1) is 0 Å². The summed E-state index contributed by atoms with van der Waals surface area (Å²) in [6, 6.07) is 8.81. The van der Waals surface area contributed by atoms with Crippen molar-refractivity contribution in [2.24, 2.45) is 0 Å². The highest BCUT2D eigenvalue weighted by Crippen LogP contribution is 2.28. The summed E-state index contributed by atoms with van der Waals surface area (Å²) in [6.07, 6.45) is 1.66. The molecule has 0 fully saturated rings. The molecule has 1 heterocycles. The maximum Gasteiger partial charge on any atom is 0.219 e. The van der Waals surface area contributed by atoms with E-state index in [0.717, 1.165) is 5.56 Å². The summed E-state index contributed by atoms with van der Waals surface area (Å²) in [5.74, 6) is 1.08. The molecule has 0 spiro atoms. The van der Waals surface area contributed by atoms with Crippen LogP contribution in [0.2, 0.25) is 5.02 Å². The third-order valence-electron chi connectivity index (χ3n) is 2.38. The largest absolute Gasteiger partial charge is 0.487 e. The van der Waals surface area contributed by atoms with Crippen LogP contribution in [0.4, 0.5) is 5.69 Å². The number of nitrogen functional groups attached to an aromatic ring is 1. The van der Waals surface area contributed by atoms with Crippen LogP contribution in [0, 0.1) is 0 Å². The lowest BCUT2D eigenvalue weighted by Gasteiger charge is -2.10. The van der Waals surface area contributed by atoms with E-state index in [2.05, 4.69) is 4.98 Å². The number of hydrogen-bond acceptors (Lipinski definition) is 4. The number of anilines is 1. The first-order valence-corrected chi connectivity index (χ1v) is 5.74. The molecule has 0 saturated heterocycles. The van der Waals surface area contributed by atoms with Gasteiger partial charge in [0.25, 0.3) is 0 Å². The standard InChI is InChI=1S/C13H13ClN2O2/c1-17-13-9(3-2-6-16-13)8-18-12-7-10(15)4-5-11(12)14/h2-7H,8,15H2,1H3. The third-order valence-corrected chi connectivity index (χ3v) is 2.69. The molecular weight excluding hydrogens is 252 g/mol. The van der Waals surface area contributed by atoms with Gasteiger partial charge >= 0.3 is 0 Å². The number of halogens is 1. The fraction of sp³-hybridized carbons (Fsp3) is 0.154. The number of rotatable bonds is 4. The summed E-state index contributed by atoms with van der Waals surface area (Å²) in [5, 5.41) is 0.520. The Hall–Kier alpha value is -1.94. The molecule has 0 bridgehead atoms. The molecule has 0 saturated carbocycles. The Balaban J connectivity index is 2.14. The SMILES string of the molecule is COc1ncccc1COc1cc(N)ccc1Cl. The predicted molar refractivity (Wildman–Crippen MR) is 71.0 cm³/mol. The van der Waals surface area contributed by atoms with Crippen molar-refractivity contribution < 1.29 is 9.47 Å². The molecule has 2 rings (SSSR count). The van der Waals surface area contributed by atoms with Crippen LogP contribution in [0.15, 0.2) is 36.5 Å². The summed E-state index contributed by atoms with van der Waals surface area (Å²) in [4.78, 5) is 4.09. The van der Waals surface area contributed by atoms with Gasteiger partial charge in [0.05, 0.1) is 17.7 Å². The number of benzene rings is 1. The van der Waals surface area contributed by atoms with Crippen molar-refractivity contribution in [2.45, 2.75) is 6.61 Å². The first-order chi connectivity index (χ1) is 8.70. The molecule has 2 aromatic rings. The van der Waals surface area contributed by atoms with Crippen LogP contribution in [0.25, 0.3) is 0 Å². The monoisotopic (exact) mass is 264 g/mol. The van der Waals surface area contributed by atoms with Crippen molar-refractivity contribution in [3.8, 4) is 11.6 Å². The Morgan fingerprint density at radius 1 is 1.33 bits per heavy atom. The van der Waals surface area contributed by atoms with Crippen LogP contribution in [0.5, 0.6) is 11.6 Å². The molecule has 2 N–H and O–H groups in total. The zero-order chi connectivity index (χ0) is 13.0. The first-order valence-electron chi connectivity index (χ1n) is 5.36. The molecule has 0 aliphatic rings. The molecule has 1 aromatic heterocycles. The first kappa shape index (κ1) is 12.5. The van der Waals surface area contributed by atoms with Crippen molar-refractivity contribution in [2.75, 3.05) is 12.8 Å². The van der Waals surface area contributed by atoms with Gasteiger partial charge < -0.3 is 15.2 Å². The van der Waals surface area contributed by atoms with Crippen molar-refractivity contribution in [1.82, 2.24) is 4.98 Å². The van der Waals surface area contributed by atoms with E-state index in [4.69, 9.17) is 26.8 Å². The maximum atomic E-state index is 6.01. The van der Waals surface area contributed by atoms with E-state index < -0.39 is 0 Å². The number of pyridine rings is 1. The highest BCUT2D eigenvalue weighted by molar-refractivity contribution is 6.32. The summed E-state index contributed by atoms with van der Waals surface area (Å²) in [7, 11) is 1.57. The third kappa shape index (κ3) is 2.84. The van der Waals surface area contributed by atoms with Gasteiger partial charge in [0.2, 0.25) is 5.88 Å². The Kier molecular flexibility index (Phi) is 3.89. The van der Waals surface area contributed by atoms with Gasteiger partial charge in [-0.1, -0.05) is 11.6 Å². The van der Waals surface area contributed by atoms with E-state index in [1.54, 1.807) is 31.5 Å². The lowest BCUT2D eigenvalue weighted by molar-refractivity contribution is 0.294. The average Bonchev–Trinajstić information content (AvgIpc) is 2.40. The van der Waals surface area contributed by atoms with E-state index in [9.17, 15) is 0 Å². The van der Waals surface area contributed by atoms with Crippen LogP contribution < -0.4 is 15.2 Å². The number of hydrogen-bond donors (Lipinski definition) is 1. The normalized spacial score (nSPS) is 10.1. The maximum absolute atomic E-state index is 6.01. The van der Waals surface area contributed by atoms with Gasteiger partial charge in [-0.05, 0) is 24.3 Å². The van der Waals surface area contributed by atoms with E-state index in [1.165, 1.54) is 0 Å². The minimum atomic E-state index is 0.320. The molecule has 4 nitrogen and oxygen atoms in total.